The Hall–Kier alpha value is -1.61. The zero-order valence-corrected chi connectivity index (χ0v) is 10.7. The van der Waals surface area contributed by atoms with Crippen molar-refractivity contribution in [3.8, 4) is 11.3 Å². The summed E-state index contributed by atoms with van der Waals surface area (Å²) < 4.78 is 5.60. The molecule has 1 heterocycles. The normalized spacial score (nSPS) is 13.8. The molecule has 0 spiro atoms. The molecule has 0 fully saturated rings. The van der Waals surface area contributed by atoms with E-state index in [9.17, 15) is 0 Å². The van der Waals surface area contributed by atoms with E-state index < -0.39 is 0 Å². The first-order chi connectivity index (χ1) is 8.90. The Morgan fingerprint density at radius 1 is 1.28 bits per heavy atom. The number of hydrogen-bond acceptors (Lipinski definition) is 3. The van der Waals surface area contributed by atoms with Gasteiger partial charge in [0, 0.05) is 17.7 Å². The summed E-state index contributed by atoms with van der Waals surface area (Å²) >= 11 is 0. The van der Waals surface area contributed by atoms with Crippen molar-refractivity contribution < 1.29 is 4.52 Å². The number of nitrogens with zero attached hydrogens (tertiary/aromatic N) is 1. The highest BCUT2D eigenvalue weighted by Crippen LogP contribution is 2.33. The molecule has 94 valence electrons. The Bertz CT molecular complexity index is 545. The van der Waals surface area contributed by atoms with Crippen LogP contribution in [-0.2, 0) is 19.4 Å². The van der Waals surface area contributed by atoms with Crippen molar-refractivity contribution in [2.24, 2.45) is 0 Å². The van der Waals surface area contributed by atoms with Gasteiger partial charge in [-0.1, -0.05) is 36.3 Å². The molecule has 0 amide bonds. The first-order valence-corrected chi connectivity index (χ1v) is 6.66. The summed E-state index contributed by atoms with van der Waals surface area (Å²) in [6, 6.07) is 8.50. The standard InChI is InChI=1S/C15H18N2O/c1-2-16-10-14-13-9-5-7-11-6-3-4-8-12(11)15(13)18-17-14/h3-4,6,8,16H,2,5,7,9-10H2,1H3. The molecule has 1 aromatic heterocycles. The fourth-order valence-electron chi connectivity index (χ4n) is 2.61. The van der Waals surface area contributed by atoms with Crippen LogP contribution in [0.3, 0.4) is 0 Å². The van der Waals surface area contributed by atoms with E-state index in [0.29, 0.717) is 0 Å². The van der Waals surface area contributed by atoms with Gasteiger partial charge in [-0.15, -0.1) is 0 Å². The molecule has 1 N–H and O–H groups in total. The van der Waals surface area contributed by atoms with Gasteiger partial charge in [0.15, 0.2) is 5.76 Å². The lowest BCUT2D eigenvalue weighted by Crippen LogP contribution is -2.13. The molecule has 1 aliphatic rings. The molecule has 1 aliphatic carbocycles. The van der Waals surface area contributed by atoms with Crippen molar-refractivity contribution in [2.75, 3.05) is 6.54 Å². The van der Waals surface area contributed by atoms with Crippen molar-refractivity contribution >= 4 is 0 Å². The van der Waals surface area contributed by atoms with Crippen LogP contribution in [0.5, 0.6) is 0 Å². The summed E-state index contributed by atoms with van der Waals surface area (Å²) in [5.41, 5.74) is 4.96. The van der Waals surface area contributed by atoms with E-state index in [-0.39, 0.29) is 0 Å². The van der Waals surface area contributed by atoms with E-state index in [1.807, 2.05) is 0 Å². The zero-order chi connectivity index (χ0) is 12.4. The van der Waals surface area contributed by atoms with Crippen LogP contribution < -0.4 is 5.32 Å². The van der Waals surface area contributed by atoms with Crippen molar-refractivity contribution in [3.63, 3.8) is 0 Å². The van der Waals surface area contributed by atoms with E-state index in [4.69, 9.17) is 4.52 Å². The molecule has 18 heavy (non-hydrogen) atoms. The van der Waals surface area contributed by atoms with Gasteiger partial charge in [-0.05, 0) is 31.4 Å². The second-order valence-corrected chi connectivity index (χ2v) is 4.73. The van der Waals surface area contributed by atoms with Gasteiger partial charge < -0.3 is 9.84 Å². The Balaban J connectivity index is 2.03. The van der Waals surface area contributed by atoms with Gasteiger partial charge in [-0.2, -0.15) is 0 Å². The van der Waals surface area contributed by atoms with Crippen LogP contribution in [0, 0.1) is 0 Å². The second kappa shape index (κ2) is 4.94. The molecule has 1 aromatic carbocycles. The number of aromatic nitrogens is 1. The molecule has 3 heteroatoms. The van der Waals surface area contributed by atoms with Gasteiger partial charge in [0.25, 0.3) is 0 Å². The van der Waals surface area contributed by atoms with E-state index in [1.54, 1.807) is 0 Å². The fraction of sp³-hybridized carbons (Fsp3) is 0.400. The van der Waals surface area contributed by atoms with Crippen LogP contribution in [0.15, 0.2) is 28.8 Å². The topological polar surface area (TPSA) is 38.1 Å². The molecule has 3 rings (SSSR count). The molecule has 0 atom stereocenters. The van der Waals surface area contributed by atoms with E-state index in [2.05, 4.69) is 41.7 Å². The van der Waals surface area contributed by atoms with Crippen molar-refractivity contribution in [2.45, 2.75) is 32.7 Å². The van der Waals surface area contributed by atoms with Gasteiger partial charge in [-0.3, -0.25) is 0 Å². The van der Waals surface area contributed by atoms with Gasteiger partial charge in [-0.25, -0.2) is 0 Å². The maximum absolute atomic E-state index is 5.60. The van der Waals surface area contributed by atoms with E-state index in [1.165, 1.54) is 23.1 Å². The molecular formula is C15H18N2O. The molecule has 0 saturated heterocycles. The molecule has 2 aromatic rings. The molecule has 0 saturated carbocycles. The third-order valence-electron chi connectivity index (χ3n) is 3.55. The Labute approximate surface area is 107 Å². The van der Waals surface area contributed by atoms with Crippen LogP contribution >= 0.6 is 0 Å². The maximum atomic E-state index is 5.60. The van der Waals surface area contributed by atoms with Crippen LogP contribution in [0.2, 0.25) is 0 Å². The van der Waals surface area contributed by atoms with Crippen LogP contribution in [0.4, 0.5) is 0 Å². The second-order valence-electron chi connectivity index (χ2n) is 4.73. The van der Waals surface area contributed by atoms with E-state index in [0.717, 1.165) is 37.4 Å². The number of aryl methyl sites for hydroxylation is 1. The average Bonchev–Trinajstić information content (AvgIpc) is 2.70. The van der Waals surface area contributed by atoms with Gasteiger partial charge in [0.2, 0.25) is 0 Å². The predicted octanol–water partition coefficient (Wildman–Crippen LogP) is 2.94. The van der Waals surface area contributed by atoms with Crippen LogP contribution in [-0.4, -0.2) is 11.7 Å². The fourth-order valence-corrected chi connectivity index (χ4v) is 2.61. The molecule has 0 bridgehead atoms. The monoisotopic (exact) mass is 242 g/mol. The largest absolute Gasteiger partial charge is 0.356 e. The Morgan fingerprint density at radius 2 is 2.17 bits per heavy atom. The van der Waals surface area contributed by atoms with Crippen LogP contribution in [0.1, 0.15) is 30.2 Å². The summed E-state index contributed by atoms with van der Waals surface area (Å²) in [6.07, 6.45) is 3.36. The number of benzene rings is 1. The van der Waals surface area contributed by atoms with Crippen molar-refractivity contribution in [1.29, 1.82) is 0 Å². The highest BCUT2D eigenvalue weighted by Gasteiger charge is 2.21. The average molecular weight is 242 g/mol. The smallest absolute Gasteiger partial charge is 0.170 e. The first-order valence-electron chi connectivity index (χ1n) is 6.66. The Kier molecular flexibility index (Phi) is 3.15. The molecule has 0 aliphatic heterocycles. The minimum Gasteiger partial charge on any atom is -0.356 e. The lowest BCUT2D eigenvalue weighted by atomic mass is 10.0. The van der Waals surface area contributed by atoms with E-state index >= 15 is 0 Å². The summed E-state index contributed by atoms with van der Waals surface area (Å²) in [5.74, 6) is 0.982. The quantitative estimate of drug-likeness (QED) is 0.899. The highest BCUT2D eigenvalue weighted by atomic mass is 16.5. The lowest BCUT2D eigenvalue weighted by molar-refractivity contribution is 0.420. The van der Waals surface area contributed by atoms with Crippen molar-refractivity contribution in [1.82, 2.24) is 10.5 Å². The predicted molar refractivity (Wildman–Crippen MR) is 71.3 cm³/mol. The number of fused-ring (bicyclic) bond motifs is 3. The first kappa shape index (κ1) is 11.5. The maximum Gasteiger partial charge on any atom is 0.170 e. The lowest BCUT2D eigenvalue weighted by Gasteiger charge is -2.02. The number of nitrogens with one attached hydrogen (secondary N) is 1. The van der Waals surface area contributed by atoms with Crippen molar-refractivity contribution in [3.05, 3.63) is 41.1 Å². The minimum absolute atomic E-state index is 0.803. The third kappa shape index (κ3) is 1.95. The van der Waals surface area contributed by atoms with Gasteiger partial charge in [0.1, 0.15) is 5.69 Å². The molecule has 0 radical (unpaired) electrons. The highest BCUT2D eigenvalue weighted by molar-refractivity contribution is 5.67. The summed E-state index contributed by atoms with van der Waals surface area (Å²) in [4.78, 5) is 0. The summed E-state index contributed by atoms with van der Waals surface area (Å²) in [7, 11) is 0. The molecule has 3 nitrogen and oxygen atoms in total. The third-order valence-corrected chi connectivity index (χ3v) is 3.55. The van der Waals surface area contributed by atoms with Gasteiger partial charge >= 0.3 is 0 Å². The number of hydrogen-bond donors (Lipinski definition) is 1. The summed E-state index contributed by atoms with van der Waals surface area (Å²) in [6.45, 7) is 3.86. The SMILES string of the molecule is CCNCc1noc2c1CCCc1ccccc1-2. The molecule has 0 unspecified atom stereocenters. The van der Waals surface area contributed by atoms with Gasteiger partial charge in [0.05, 0.1) is 0 Å². The number of rotatable bonds is 3. The zero-order valence-electron chi connectivity index (χ0n) is 10.7. The van der Waals surface area contributed by atoms with Crippen LogP contribution in [0.25, 0.3) is 11.3 Å². The summed E-state index contributed by atoms with van der Waals surface area (Å²) in [5, 5.41) is 7.56. The minimum atomic E-state index is 0.803. The Morgan fingerprint density at radius 3 is 3.06 bits per heavy atom. The molecular weight excluding hydrogens is 224 g/mol.